The molecule has 2 rings (SSSR count). The van der Waals surface area contributed by atoms with Crippen LogP contribution in [0.2, 0.25) is 0 Å². The number of hydrogen-bond donors (Lipinski definition) is 2. The van der Waals surface area contributed by atoms with Crippen LogP contribution in [0.5, 0.6) is 0 Å². The second-order valence-electron chi connectivity index (χ2n) is 4.73. The number of rotatable bonds is 4. The van der Waals surface area contributed by atoms with Gasteiger partial charge in [0.2, 0.25) is 0 Å². The maximum Gasteiger partial charge on any atom is 0.143 e. The van der Waals surface area contributed by atoms with E-state index in [1.165, 1.54) is 6.07 Å². The van der Waals surface area contributed by atoms with Crippen LogP contribution in [0, 0.1) is 23.1 Å². The van der Waals surface area contributed by atoms with Crippen molar-refractivity contribution in [3.63, 3.8) is 0 Å². The number of nitrogens with one attached hydrogen (secondary N) is 1. The van der Waals surface area contributed by atoms with Gasteiger partial charge in [-0.15, -0.1) is 0 Å². The summed E-state index contributed by atoms with van der Waals surface area (Å²) in [5.74, 6) is -0.0796. The number of halogens is 1. The quantitative estimate of drug-likeness (QED) is 0.861. The molecule has 0 heterocycles. The average Bonchev–Trinajstić information content (AvgIpc) is 2.78. The molecule has 0 aliphatic heterocycles. The molecule has 1 aromatic carbocycles. The molecule has 0 amide bonds. The minimum atomic E-state index is -0.487. The lowest BCUT2D eigenvalue weighted by atomic mass is 9.99. The lowest BCUT2D eigenvalue weighted by Crippen LogP contribution is -2.25. The Kier molecular flexibility index (Phi) is 4.16. The lowest BCUT2D eigenvalue weighted by Gasteiger charge is -2.22. The van der Waals surface area contributed by atoms with Gasteiger partial charge in [0.25, 0.3) is 0 Å². The normalized spacial score (nSPS) is 22.7. The molecule has 1 aliphatic rings. The highest BCUT2D eigenvalue weighted by Crippen LogP contribution is 2.31. The Morgan fingerprint density at radius 3 is 3.00 bits per heavy atom. The van der Waals surface area contributed by atoms with Crippen LogP contribution in [-0.4, -0.2) is 17.8 Å². The van der Waals surface area contributed by atoms with Gasteiger partial charge < -0.3 is 10.4 Å². The van der Waals surface area contributed by atoms with Crippen molar-refractivity contribution in [3.8, 4) is 6.07 Å². The molecule has 18 heavy (non-hydrogen) atoms. The monoisotopic (exact) mass is 248 g/mol. The van der Waals surface area contributed by atoms with E-state index in [9.17, 15) is 4.39 Å². The summed E-state index contributed by atoms with van der Waals surface area (Å²) in [4.78, 5) is 0. The molecule has 2 unspecified atom stereocenters. The van der Waals surface area contributed by atoms with Gasteiger partial charge >= 0.3 is 0 Å². The van der Waals surface area contributed by atoms with Gasteiger partial charge in [0.15, 0.2) is 0 Å². The number of benzene rings is 1. The summed E-state index contributed by atoms with van der Waals surface area (Å²) in [5, 5.41) is 21.3. The van der Waals surface area contributed by atoms with Crippen LogP contribution in [0.4, 0.5) is 10.1 Å². The highest BCUT2D eigenvalue weighted by Gasteiger charge is 2.27. The minimum Gasteiger partial charge on any atom is -0.396 e. The average molecular weight is 248 g/mol. The maximum absolute atomic E-state index is 13.5. The fraction of sp³-hybridized carbons (Fsp3) is 0.500. The number of anilines is 1. The molecule has 3 nitrogen and oxygen atoms in total. The van der Waals surface area contributed by atoms with E-state index >= 15 is 0 Å². The van der Waals surface area contributed by atoms with Gasteiger partial charge in [-0.1, -0.05) is 12.5 Å². The van der Waals surface area contributed by atoms with Crippen molar-refractivity contribution in [1.29, 1.82) is 5.26 Å². The molecular formula is C14H17FN2O. The first-order valence-electron chi connectivity index (χ1n) is 6.32. The number of aliphatic hydroxyl groups excluding tert-OH is 1. The van der Waals surface area contributed by atoms with Gasteiger partial charge in [0, 0.05) is 12.6 Å². The van der Waals surface area contributed by atoms with E-state index in [0.717, 1.165) is 25.7 Å². The molecule has 0 saturated heterocycles. The van der Waals surface area contributed by atoms with Crippen molar-refractivity contribution in [2.45, 2.75) is 31.7 Å². The van der Waals surface area contributed by atoms with Crippen LogP contribution in [0.15, 0.2) is 18.2 Å². The van der Waals surface area contributed by atoms with E-state index in [0.29, 0.717) is 11.6 Å². The van der Waals surface area contributed by atoms with E-state index in [1.54, 1.807) is 12.1 Å². The molecule has 0 bridgehead atoms. The summed E-state index contributed by atoms with van der Waals surface area (Å²) in [5.41, 5.74) is 0.638. The van der Waals surface area contributed by atoms with E-state index in [-0.39, 0.29) is 18.2 Å². The van der Waals surface area contributed by atoms with Gasteiger partial charge in [-0.05, 0) is 37.3 Å². The van der Waals surface area contributed by atoms with E-state index < -0.39 is 5.82 Å². The third-order valence-electron chi connectivity index (χ3n) is 3.63. The van der Waals surface area contributed by atoms with Crippen molar-refractivity contribution < 1.29 is 9.50 Å². The maximum atomic E-state index is 13.5. The zero-order valence-corrected chi connectivity index (χ0v) is 10.2. The van der Waals surface area contributed by atoms with E-state index in [2.05, 4.69) is 5.32 Å². The summed E-state index contributed by atoms with van der Waals surface area (Å²) >= 11 is 0. The van der Waals surface area contributed by atoms with Gasteiger partial charge in [-0.25, -0.2) is 4.39 Å². The molecule has 2 N–H and O–H groups in total. The van der Waals surface area contributed by atoms with Crippen molar-refractivity contribution in [2.24, 2.45) is 5.92 Å². The predicted molar refractivity (Wildman–Crippen MR) is 67.6 cm³/mol. The number of nitrogens with zero attached hydrogens (tertiary/aromatic N) is 1. The zero-order chi connectivity index (χ0) is 13.0. The second kappa shape index (κ2) is 5.83. The van der Waals surface area contributed by atoms with E-state index in [1.807, 2.05) is 6.07 Å². The van der Waals surface area contributed by atoms with Crippen molar-refractivity contribution in [2.75, 3.05) is 11.9 Å². The van der Waals surface area contributed by atoms with Crippen LogP contribution in [0.3, 0.4) is 0 Å². The summed E-state index contributed by atoms with van der Waals surface area (Å²) in [6.45, 7) is 0.178. The van der Waals surface area contributed by atoms with Gasteiger partial charge in [0.1, 0.15) is 17.4 Å². The van der Waals surface area contributed by atoms with Crippen molar-refractivity contribution in [1.82, 2.24) is 0 Å². The molecule has 0 spiro atoms. The first-order chi connectivity index (χ1) is 8.76. The summed E-state index contributed by atoms with van der Waals surface area (Å²) in [6, 6.07) is 6.76. The second-order valence-corrected chi connectivity index (χ2v) is 4.73. The first kappa shape index (κ1) is 12.8. The van der Waals surface area contributed by atoms with Crippen LogP contribution < -0.4 is 5.32 Å². The largest absolute Gasteiger partial charge is 0.396 e. The van der Waals surface area contributed by atoms with Crippen molar-refractivity contribution >= 4 is 5.69 Å². The Morgan fingerprint density at radius 1 is 1.44 bits per heavy atom. The smallest absolute Gasteiger partial charge is 0.143 e. The molecule has 1 aliphatic carbocycles. The van der Waals surface area contributed by atoms with Crippen LogP contribution in [-0.2, 0) is 0 Å². The molecule has 1 aromatic rings. The molecular weight excluding hydrogens is 231 g/mol. The summed E-state index contributed by atoms with van der Waals surface area (Å²) < 4.78 is 13.5. The van der Waals surface area contributed by atoms with Crippen LogP contribution in [0.1, 0.15) is 31.2 Å². The zero-order valence-electron chi connectivity index (χ0n) is 10.2. The third-order valence-corrected chi connectivity index (χ3v) is 3.63. The van der Waals surface area contributed by atoms with Gasteiger partial charge in [-0.3, -0.25) is 0 Å². The fourth-order valence-electron chi connectivity index (χ4n) is 2.70. The minimum absolute atomic E-state index is 0.0761. The van der Waals surface area contributed by atoms with E-state index in [4.69, 9.17) is 10.4 Å². The summed E-state index contributed by atoms with van der Waals surface area (Å²) in [7, 11) is 0. The molecule has 0 aromatic heterocycles. The third kappa shape index (κ3) is 2.62. The topological polar surface area (TPSA) is 56.0 Å². The molecule has 2 atom stereocenters. The Morgan fingerprint density at radius 2 is 2.28 bits per heavy atom. The molecule has 1 saturated carbocycles. The first-order valence-corrected chi connectivity index (χ1v) is 6.32. The Hall–Kier alpha value is -1.60. The predicted octanol–water partition coefficient (Wildman–Crippen LogP) is 2.66. The standard InChI is InChI=1S/C14H17FN2O/c15-12-4-2-6-14(11(12)9-16)17-13-5-1-3-10(13)7-8-18/h2,4,6,10,13,17-18H,1,3,5,7-8H2. The highest BCUT2D eigenvalue weighted by atomic mass is 19.1. The van der Waals surface area contributed by atoms with Crippen LogP contribution >= 0.6 is 0 Å². The number of aliphatic hydroxyl groups is 1. The Balaban J connectivity index is 2.14. The Bertz CT molecular complexity index is 456. The molecule has 0 radical (unpaired) electrons. The highest BCUT2D eigenvalue weighted by molar-refractivity contribution is 5.58. The van der Waals surface area contributed by atoms with Gasteiger partial charge in [-0.2, -0.15) is 5.26 Å². The Labute approximate surface area is 106 Å². The summed E-state index contributed by atoms with van der Waals surface area (Å²) in [6.07, 6.45) is 3.95. The van der Waals surface area contributed by atoms with Gasteiger partial charge in [0.05, 0.1) is 5.69 Å². The van der Waals surface area contributed by atoms with Crippen LogP contribution in [0.25, 0.3) is 0 Å². The molecule has 1 fully saturated rings. The fourth-order valence-corrected chi connectivity index (χ4v) is 2.70. The van der Waals surface area contributed by atoms with Crippen molar-refractivity contribution in [3.05, 3.63) is 29.6 Å². The number of nitriles is 1. The molecule has 4 heteroatoms. The lowest BCUT2D eigenvalue weighted by molar-refractivity contribution is 0.254. The number of hydrogen-bond acceptors (Lipinski definition) is 3. The molecule has 96 valence electrons. The SMILES string of the molecule is N#Cc1c(F)cccc1NC1CCCC1CCO.